The average molecular weight is 454 g/mol. The Morgan fingerprint density at radius 1 is 0.913 bits per heavy atom. The van der Waals surface area contributed by atoms with Gasteiger partial charge in [0.05, 0.1) is 0 Å². The van der Waals surface area contributed by atoms with Gasteiger partial charge in [-0.25, -0.2) is 6.54 Å². The molecule has 0 saturated carbocycles. The fourth-order valence-electron chi connectivity index (χ4n) is 2.84. The van der Waals surface area contributed by atoms with Crippen LogP contribution in [0.4, 0.5) is 0 Å². The Labute approximate surface area is 172 Å². The fraction of sp³-hybridized carbons (Fsp3) is 0.278. The summed E-state index contributed by atoms with van der Waals surface area (Å²) >= 11 is 0. The minimum Gasteiger partial charge on any atom is -0.410 e. The largest absolute Gasteiger partial charge is 0.410 e. The number of hydrogen-bond donors (Lipinski definition) is 1. The van der Waals surface area contributed by atoms with E-state index in [1.54, 1.807) is 0 Å². The molecule has 2 aromatic carbocycles. The van der Waals surface area contributed by atoms with E-state index in [-0.39, 0.29) is 41.3 Å². The molecule has 1 aliphatic rings. The summed E-state index contributed by atoms with van der Waals surface area (Å²) in [7, 11) is -2.81. The van der Waals surface area contributed by atoms with E-state index in [0.29, 0.717) is 0 Å². The van der Waals surface area contributed by atoms with Crippen molar-refractivity contribution in [1.82, 2.24) is 9.99 Å². The van der Waals surface area contributed by atoms with Gasteiger partial charge in [0.1, 0.15) is 0 Å². The Hall–Kier alpha value is -0.0464. The number of nitrogens with zero attached hydrogens (tertiary/aromatic N) is 1. The summed E-state index contributed by atoms with van der Waals surface area (Å²) in [5, 5.41) is 4.94. The van der Waals surface area contributed by atoms with Gasteiger partial charge in [0.25, 0.3) is 0 Å². The molecule has 3 nitrogen and oxygen atoms in total. The van der Waals surface area contributed by atoms with Crippen molar-refractivity contribution in [2.75, 3.05) is 19.6 Å². The minimum atomic E-state index is -2.81. The van der Waals surface area contributed by atoms with Crippen molar-refractivity contribution in [1.29, 1.82) is 0 Å². The third kappa shape index (κ3) is 4.97. The van der Waals surface area contributed by atoms with Crippen molar-refractivity contribution in [3.05, 3.63) is 67.2 Å². The summed E-state index contributed by atoms with van der Waals surface area (Å²) in [5.74, 6) is 0. The van der Waals surface area contributed by atoms with Crippen molar-refractivity contribution >= 4 is 17.9 Å². The molecular formula is C18H22N2OPPr-. The maximum Gasteiger partial charge on any atom is 0.177 e. The predicted octanol–water partition coefficient (Wildman–Crippen LogP) is 2.76. The molecule has 0 aromatic heterocycles. The van der Waals surface area contributed by atoms with Gasteiger partial charge in [0, 0.05) is 51.9 Å². The molecule has 0 unspecified atom stereocenters. The number of nitrogens with one attached hydrogen (secondary N) is 1. The molecule has 23 heavy (non-hydrogen) atoms. The van der Waals surface area contributed by atoms with Gasteiger partial charge in [-0.05, 0) is 50.2 Å². The van der Waals surface area contributed by atoms with E-state index in [1.807, 2.05) is 67.2 Å². The maximum absolute atomic E-state index is 13.6. The molecule has 3 rings (SSSR count). The van der Waals surface area contributed by atoms with Gasteiger partial charge in [-0.1, -0.05) is 36.4 Å². The quantitative estimate of drug-likeness (QED) is 0.539. The Balaban J connectivity index is 0.00000192. The van der Waals surface area contributed by atoms with E-state index in [9.17, 15) is 4.57 Å². The Bertz CT molecular complexity index is 586. The van der Waals surface area contributed by atoms with Crippen LogP contribution in [0.2, 0.25) is 0 Å². The SMILES string of the molecule is O=P(N[CH-]CN1CCCC1)(c1ccccc1)c1ccccc1.[Pr]. The zero-order valence-corrected chi connectivity index (χ0v) is 17.9. The Morgan fingerprint density at radius 2 is 1.39 bits per heavy atom. The topological polar surface area (TPSA) is 32.3 Å². The van der Waals surface area contributed by atoms with Crippen LogP contribution in [-0.2, 0) is 4.57 Å². The van der Waals surface area contributed by atoms with Crippen LogP contribution in [0.5, 0.6) is 0 Å². The molecule has 1 aliphatic heterocycles. The van der Waals surface area contributed by atoms with Crippen LogP contribution in [0.1, 0.15) is 12.8 Å². The van der Waals surface area contributed by atoms with Crippen molar-refractivity contribution in [3.63, 3.8) is 0 Å². The molecule has 1 radical (unpaired) electrons. The first-order chi connectivity index (χ1) is 10.8. The molecule has 119 valence electrons. The second kappa shape index (κ2) is 9.44. The molecule has 0 spiro atoms. The molecule has 0 bridgehead atoms. The van der Waals surface area contributed by atoms with Gasteiger partial charge in [-0.3, -0.25) is 4.57 Å². The molecule has 0 amide bonds. The van der Waals surface area contributed by atoms with Gasteiger partial charge >= 0.3 is 0 Å². The van der Waals surface area contributed by atoms with Crippen LogP contribution >= 0.6 is 7.29 Å². The van der Waals surface area contributed by atoms with Gasteiger partial charge in [0.15, 0.2) is 7.29 Å². The van der Waals surface area contributed by atoms with E-state index < -0.39 is 7.29 Å². The van der Waals surface area contributed by atoms with E-state index >= 15 is 0 Å². The van der Waals surface area contributed by atoms with Crippen LogP contribution in [0, 0.1) is 47.8 Å². The van der Waals surface area contributed by atoms with E-state index in [1.165, 1.54) is 12.8 Å². The van der Waals surface area contributed by atoms with Crippen LogP contribution in [0.3, 0.4) is 0 Å². The number of benzene rings is 2. The summed E-state index contributed by atoms with van der Waals surface area (Å²) in [6, 6.07) is 19.4. The summed E-state index contributed by atoms with van der Waals surface area (Å²) in [4.78, 5) is 2.38. The first-order valence-corrected chi connectivity index (χ1v) is 9.53. The van der Waals surface area contributed by atoms with Gasteiger partial charge in [-0.2, -0.15) is 0 Å². The fourth-order valence-corrected chi connectivity index (χ4v) is 4.96. The maximum atomic E-state index is 13.6. The summed E-state index contributed by atoms with van der Waals surface area (Å²) in [5.41, 5.74) is 0. The summed E-state index contributed by atoms with van der Waals surface area (Å²) in [6.45, 7) is 5.08. The molecule has 1 fully saturated rings. The first-order valence-electron chi connectivity index (χ1n) is 7.82. The van der Waals surface area contributed by atoms with Crippen molar-refractivity contribution in [2.24, 2.45) is 0 Å². The molecule has 1 saturated heterocycles. The molecule has 0 atom stereocenters. The predicted molar refractivity (Wildman–Crippen MR) is 92.9 cm³/mol. The molecular weight excluding hydrogens is 432 g/mol. The van der Waals surface area contributed by atoms with E-state index in [0.717, 1.165) is 30.2 Å². The molecule has 1 N–H and O–H groups in total. The third-order valence-electron chi connectivity index (χ3n) is 4.06. The second-order valence-electron chi connectivity index (χ2n) is 5.62. The number of likely N-dealkylation sites (tertiary alicyclic amines) is 1. The average Bonchev–Trinajstić information content (AvgIpc) is 3.10. The number of rotatable bonds is 6. The van der Waals surface area contributed by atoms with Crippen LogP contribution < -0.4 is 15.7 Å². The van der Waals surface area contributed by atoms with Crippen molar-refractivity contribution in [2.45, 2.75) is 12.8 Å². The van der Waals surface area contributed by atoms with Crippen LogP contribution in [0.25, 0.3) is 0 Å². The van der Waals surface area contributed by atoms with Crippen LogP contribution in [0.15, 0.2) is 60.7 Å². The van der Waals surface area contributed by atoms with Gasteiger partial charge < -0.3 is 9.99 Å². The monoisotopic (exact) mass is 454 g/mol. The van der Waals surface area contributed by atoms with Crippen LogP contribution in [-0.4, -0.2) is 24.5 Å². The molecule has 1 heterocycles. The third-order valence-corrected chi connectivity index (χ3v) is 6.66. The zero-order chi connectivity index (χ0) is 15.3. The molecule has 0 aliphatic carbocycles. The molecule has 5 heteroatoms. The second-order valence-corrected chi connectivity index (χ2v) is 8.13. The normalized spacial score (nSPS) is 15.3. The van der Waals surface area contributed by atoms with Crippen molar-refractivity contribution in [3.8, 4) is 0 Å². The van der Waals surface area contributed by atoms with Crippen molar-refractivity contribution < 1.29 is 45.9 Å². The van der Waals surface area contributed by atoms with Gasteiger partial charge in [0.2, 0.25) is 0 Å². The van der Waals surface area contributed by atoms with Gasteiger partial charge in [-0.15, -0.1) is 6.54 Å². The first kappa shape index (κ1) is 19.3. The standard InChI is InChI=1S/C18H22N2OP.Pr/c21-22(17-9-3-1-4-10-17,18-11-5-2-6-12-18)19-13-16-20-14-7-8-15-20;/h1-6,9-13H,7-8,14-16H2,(H,19,21);/q-1;. The Morgan fingerprint density at radius 3 is 1.87 bits per heavy atom. The van der Waals surface area contributed by atoms with E-state index in [4.69, 9.17) is 0 Å². The smallest absolute Gasteiger partial charge is 0.177 e. The summed E-state index contributed by atoms with van der Waals surface area (Å²) in [6.07, 6.45) is 2.53. The minimum absolute atomic E-state index is 0. The zero-order valence-electron chi connectivity index (χ0n) is 13.3. The number of hydrogen-bond acceptors (Lipinski definition) is 2. The molecule has 2 aromatic rings. The summed E-state index contributed by atoms with van der Waals surface area (Å²) < 4.78 is 13.6. The Kier molecular flexibility index (Phi) is 7.91. The van der Waals surface area contributed by atoms with E-state index in [2.05, 4.69) is 9.99 Å².